The quantitative estimate of drug-likeness (QED) is 0.160. The van der Waals surface area contributed by atoms with Gasteiger partial charge in [-0.2, -0.15) is 0 Å². The Morgan fingerprint density at radius 1 is 0.589 bits per heavy atom. The highest BCUT2D eigenvalue weighted by Crippen LogP contribution is 2.62. The molecule has 5 heteroatoms. The third-order valence-electron chi connectivity index (χ3n) is 20.9. The van der Waals surface area contributed by atoms with Crippen LogP contribution >= 0.6 is 11.3 Å². The zero-order chi connectivity index (χ0) is 47.5. The second kappa shape index (κ2) is 14.4. The van der Waals surface area contributed by atoms with Crippen molar-refractivity contribution in [2.75, 3.05) is 4.81 Å². The van der Waals surface area contributed by atoms with E-state index in [0.29, 0.717) is 0 Å². The van der Waals surface area contributed by atoms with E-state index in [0.717, 1.165) is 40.8 Å². The number of rotatable bonds is 5. The van der Waals surface area contributed by atoms with Crippen LogP contribution in [0.5, 0.6) is 0 Å². The number of para-hydroxylation sites is 1. The van der Waals surface area contributed by atoms with E-state index in [9.17, 15) is 0 Å². The standard InChI is InChI=1S/C68H57BN2OS/c1-2-67(34-39-16-17-40(26-39)35-67)46-20-23-56-51(30-46)52-31-47(68-36-41-27-42(37-68)29-43(28-41)38-68)32-55-64(52)70(56)65-63-54(33-53-49-12-7-9-15-60(49)73-66(53)65)61-57(24-25-59-62(61)50-13-6-8-14-58(50)72-59)71(69(55)63)48-21-18-45(19-22-48)44-10-4-3-5-11-44/h3-15,18-25,30-33,39-43H,2,16-17,26-29,34-38H2,1H3. The van der Waals surface area contributed by atoms with E-state index in [1.165, 1.54) is 180 Å². The summed E-state index contributed by atoms with van der Waals surface area (Å²) >= 11 is 2.00. The predicted octanol–water partition coefficient (Wildman–Crippen LogP) is 17.3. The third-order valence-corrected chi connectivity index (χ3v) is 22.1. The van der Waals surface area contributed by atoms with Crippen molar-refractivity contribution < 1.29 is 4.42 Å². The van der Waals surface area contributed by atoms with Crippen LogP contribution in [-0.2, 0) is 10.8 Å². The second-order valence-electron chi connectivity index (χ2n) is 24.6. The van der Waals surface area contributed by atoms with Gasteiger partial charge in [0.2, 0.25) is 0 Å². The van der Waals surface area contributed by atoms with E-state index < -0.39 is 0 Å². The van der Waals surface area contributed by atoms with E-state index in [1.54, 1.807) is 11.1 Å². The molecule has 6 fully saturated rings. The van der Waals surface area contributed by atoms with Crippen molar-refractivity contribution in [1.29, 1.82) is 0 Å². The van der Waals surface area contributed by atoms with Gasteiger partial charge in [-0.05, 0) is 204 Å². The van der Waals surface area contributed by atoms with E-state index in [2.05, 4.69) is 168 Å². The number of hydrogen-bond donors (Lipinski definition) is 0. The molecule has 0 amide bonds. The highest BCUT2D eigenvalue weighted by molar-refractivity contribution is 7.26. The molecule has 19 rings (SSSR count). The summed E-state index contributed by atoms with van der Waals surface area (Å²) < 4.78 is 12.4. The minimum absolute atomic E-state index is 0.0612. The Morgan fingerprint density at radius 2 is 1.29 bits per heavy atom. The largest absolute Gasteiger partial charge is 0.456 e. The number of anilines is 2. The fraction of sp³-hybridized carbons (Fsp3) is 0.294. The molecule has 354 valence electrons. The monoisotopic (exact) mass is 960 g/mol. The van der Waals surface area contributed by atoms with E-state index >= 15 is 0 Å². The summed E-state index contributed by atoms with van der Waals surface area (Å²) in [5, 5.41) is 8.04. The molecule has 8 aliphatic rings. The molecule has 0 N–H and O–H groups in total. The van der Waals surface area contributed by atoms with Gasteiger partial charge in [0.25, 0.3) is 0 Å². The molecule has 3 nitrogen and oxygen atoms in total. The van der Waals surface area contributed by atoms with Crippen molar-refractivity contribution in [2.45, 2.75) is 94.8 Å². The molecule has 2 atom stereocenters. The van der Waals surface area contributed by atoms with E-state index in [1.807, 2.05) is 11.3 Å². The molecular formula is C68H57BN2OS. The Labute approximate surface area is 430 Å². The summed E-state index contributed by atoms with van der Waals surface area (Å²) in [5.74, 6) is 4.32. The number of hydrogen-bond acceptors (Lipinski definition) is 3. The molecule has 3 aromatic heterocycles. The zero-order valence-electron chi connectivity index (χ0n) is 41.6. The Morgan fingerprint density at radius 3 is 2.07 bits per heavy atom. The van der Waals surface area contributed by atoms with Crippen LogP contribution < -0.4 is 15.7 Å². The molecule has 2 aliphatic heterocycles. The van der Waals surface area contributed by atoms with Crippen molar-refractivity contribution in [3.8, 4) is 27.9 Å². The van der Waals surface area contributed by atoms with Crippen LogP contribution in [-0.4, -0.2) is 11.4 Å². The smallest absolute Gasteiger partial charge is 0.333 e. The lowest BCUT2D eigenvalue weighted by atomic mass is 9.42. The van der Waals surface area contributed by atoms with Gasteiger partial charge in [-0.1, -0.05) is 111 Å². The molecule has 5 heterocycles. The Hall–Kier alpha value is -6.56. The molecule has 11 aromatic rings. The molecule has 6 bridgehead atoms. The lowest BCUT2D eigenvalue weighted by Crippen LogP contribution is -2.61. The number of benzene rings is 8. The molecular weight excluding hydrogens is 904 g/mol. The highest BCUT2D eigenvalue weighted by atomic mass is 32.1. The number of thiophene rings is 1. The topological polar surface area (TPSA) is 21.3 Å². The van der Waals surface area contributed by atoms with Crippen LogP contribution in [0.1, 0.15) is 95.1 Å². The maximum Gasteiger partial charge on any atom is 0.333 e. The summed E-state index contributed by atoms with van der Waals surface area (Å²) in [6.07, 6.45) is 16.6. The molecule has 6 saturated carbocycles. The van der Waals surface area contributed by atoms with Crippen LogP contribution in [0.15, 0.2) is 156 Å². The van der Waals surface area contributed by atoms with Crippen molar-refractivity contribution in [3.05, 3.63) is 163 Å². The number of furan rings is 1. The van der Waals surface area contributed by atoms with Crippen molar-refractivity contribution in [3.63, 3.8) is 0 Å². The van der Waals surface area contributed by atoms with Gasteiger partial charge >= 0.3 is 6.85 Å². The van der Waals surface area contributed by atoms with Crippen LogP contribution in [0.25, 0.3) is 91.9 Å². The van der Waals surface area contributed by atoms with Gasteiger partial charge < -0.3 is 13.8 Å². The van der Waals surface area contributed by atoms with Crippen LogP contribution in [0, 0.1) is 29.6 Å². The molecule has 73 heavy (non-hydrogen) atoms. The predicted molar refractivity (Wildman–Crippen MR) is 307 cm³/mol. The maximum absolute atomic E-state index is 6.83. The average molecular weight is 961 g/mol. The SMILES string of the molecule is CCC1(c2ccc3c(c2)c2cc(C45CC6CC(CC(C6)C4)C5)cc4c2n3-c2c3c(cc5c2sc2ccccc25)-c2c(ccc5oc6ccccc6c25)N(c2ccc(-c5ccccc5)cc2)B34)CC2CCC(C2)C1. The first-order valence-electron chi connectivity index (χ1n) is 28.0. The zero-order valence-corrected chi connectivity index (χ0v) is 42.4. The summed E-state index contributed by atoms with van der Waals surface area (Å²) in [4.78, 5) is 2.78. The van der Waals surface area contributed by atoms with Gasteiger partial charge in [-0.3, -0.25) is 0 Å². The van der Waals surface area contributed by atoms with Gasteiger partial charge in [0.1, 0.15) is 11.2 Å². The van der Waals surface area contributed by atoms with Gasteiger partial charge in [-0.25, -0.2) is 0 Å². The maximum atomic E-state index is 6.83. The van der Waals surface area contributed by atoms with Gasteiger partial charge in [0, 0.05) is 54.0 Å². The summed E-state index contributed by atoms with van der Waals surface area (Å²) in [7, 11) is 0. The van der Waals surface area contributed by atoms with Crippen LogP contribution in [0.3, 0.4) is 0 Å². The Balaban J connectivity index is 1.00. The first-order valence-corrected chi connectivity index (χ1v) is 28.8. The van der Waals surface area contributed by atoms with Crippen molar-refractivity contribution in [2.24, 2.45) is 29.6 Å². The summed E-state index contributed by atoms with van der Waals surface area (Å²) in [6, 6.07) is 59.3. The Kier molecular flexibility index (Phi) is 8.06. The Bertz CT molecular complexity index is 4150. The van der Waals surface area contributed by atoms with Gasteiger partial charge in [-0.15, -0.1) is 11.3 Å². The van der Waals surface area contributed by atoms with Gasteiger partial charge in [0.15, 0.2) is 0 Å². The first-order chi connectivity index (χ1) is 36.0. The minimum atomic E-state index is -0.0612. The second-order valence-corrected chi connectivity index (χ2v) is 25.6. The molecule has 0 spiro atoms. The summed E-state index contributed by atoms with van der Waals surface area (Å²) in [6.45, 7) is 2.44. The number of aromatic nitrogens is 1. The minimum Gasteiger partial charge on any atom is -0.456 e. The highest BCUT2D eigenvalue weighted by Gasteiger charge is 2.53. The van der Waals surface area contributed by atoms with E-state index in [-0.39, 0.29) is 17.7 Å². The van der Waals surface area contributed by atoms with Crippen LogP contribution in [0.2, 0.25) is 0 Å². The average Bonchev–Trinajstić information content (AvgIpc) is 4.19. The van der Waals surface area contributed by atoms with Crippen molar-refractivity contribution in [1.82, 2.24) is 4.57 Å². The third kappa shape index (κ3) is 5.42. The molecule has 0 saturated heterocycles. The number of fused-ring (bicyclic) bond motifs is 17. The normalized spacial score (nSPS) is 26.3. The lowest BCUT2D eigenvalue weighted by Gasteiger charge is -2.57. The molecule has 2 unspecified atom stereocenters. The summed E-state index contributed by atoms with van der Waals surface area (Å²) in [5.41, 5.74) is 20.3. The molecule has 0 radical (unpaired) electrons. The lowest BCUT2D eigenvalue weighted by molar-refractivity contribution is -0.00509. The van der Waals surface area contributed by atoms with Crippen molar-refractivity contribution >= 4 is 104 Å². The fourth-order valence-corrected chi connectivity index (χ4v) is 19.6. The number of nitrogens with zero attached hydrogens (tertiary/aromatic N) is 2. The van der Waals surface area contributed by atoms with Gasteiger partial charge in [0.05, 0.1) is 21.4 Å². The van der Waals surface area contributed by atoms with Crippen LogP contribution in [0.4, 0.5) is 11.4 Å². The first kappa shape index (κ1) is 40.9. The molecule has 8 aromatic carbocycles. The fourth-order valence-electron chi connectivity index (χ4n) is 18.3. The molecule has 6 aliphatic carbocycles. The van der Waals surface area contributed by atoms with E-state index in [4.69, 9.17) is 4.42 Å².